The molecule has 1 unspecified atom stereocenters. The molecule has 0 spiro atoms. The Morgan fingerprint density at radius 3 is 2.57 bits per heavy atom. The van der Waals surface area contributed by atoms with E-state index >= 15 is 0 Å². The molecule has 1 fully saturated rings. The standard InChI is InChI=1S/C20H19Cl2F2NO3/c21-15-5-4-12(26)10-14(15)19(27)25-18(13-2-1-3-16(24)17(13)22)20(28)8-6-11(23)7-9-20/h1-5,10-11,18,26,28H,6-9H2,(H,25,27)/t11-,18?,20-. The molecule has 2 aromatic rings. The molecule has 1 aliphatic rings. The van der Waals surface area contributed by atoms with Crippen molar-refractivity contribution in [3.05, 3.63) is 63.4 Å². The highest BCUT2D eigenvalue weighted by molar-refractivity contribution is 6.34. The maximum absolute atomic E-state index is 14.0. The minimum Gasteiger partial charge on any atom is -0.508 e. The van der Waals surface area contributed by atoms with Crippen molar-refractivity contribution in [1.82, 2.24) is 5.32 Å². The molecule has 0 aromatic heterocycles. The van der Waals surface area contributed by atoms with E-state index in [9.17, 15) is 23.8 Å². The number of amides is 1. The van der Waals surface area contributed by atoms with Crippen LogP contribution in [0.15, 0.2) is 36.4 Å². The number of hydrogen-bond acceptors (Lipinski definition) is 3. The first-order valence-electron chi connectivity index (χ1n) is 8.81. The Morgan fingerprint density at radius 2 is 1.89 bits per heavy atom. The van der Waals surface area contributed by atoms with Crippen molar-refractivity contribution >= 4 is 29.1 Å². The third kappa shape index (κ3) is 4.24. The van der Waals surface area contributed by atoms with E-state index in [1.807, 2.05) is 0 Å². The number of benzene rings is 2. The third-order valence-electron chi connectivity index (χ3n) is 5.08. The van der Waals surface area contributed by atoms with Gasteiger partial charge in [0, 0.05) is 0 Å². The lowest BCUT2D eigenvalue weighted by molar-refractivity contribution is -0.0445. The van der Waals surface area contributed by atoms with Crippen molar-refractivity contribution in [2.45, 2.75) is 43.5 Å². The Hall–Kier alpha value is -1.89. The number of nitrogens with one attached hydrogen (secondary N) is 1. The zero-order valence-electron chi connectivity index (χ0n) is 14.8. The predicted octanol–water partition coefficient (Wildman–Crippen LogP) is 4.95. The molecule has 3 N–H and O–H groups in total. The number of aliphatic hydroxyl groups is 1. The maximum Gasteiger partial charge on any atom is 0.253 e. The lowest BCUT2D eigenvalue weighted by Crippen LogP contribution is -2.48. The van der Waals surface area contributed by atoms with Gasteiger partial charge in [-0.2, -0.15) is 0 Å². The van der Waals surface area contributed by atoms with E-state index in [2.05, 4.69) is 5.32 Å². The first-order valence-corrected chi connectivity index (χ1v) is 9.56. The second kappa shape index (κ2) is 8.23. The van der Waals surface area contributed by atoms with E-state index in [0.717, 1.165) is 0 Å². The van der Waals surface area contributed by atoms with Gasteiger partial charge in [-0.15, -0.1) is 0 Å². The van der Waals surface area contributed by atoms with Gasteiger partial charge in [-0.05, 0) is 55.5 Å². The number of phenolic OH excluding ortho intramolecular Hbond substituents is 1. The van der Waals surface area contributed by atoms with Crippen LogP contribution in [0.4, 0.5) is 8.78 Å². The van der Waals surface area contributed by atoms with Gasteiger partial charge in [-0.1, -0.05) is 35.3 Å². The summed E-state index contributed by atoms with van der Waals surface area (Å²) >= 11 is 12.2. The molecule has 1 amide bonds. The van der Waals surface area contributed by atoms with Crippen molar-refractivity contribution in [2.24, 2.45) is 0 Å². The molecule has 0 bridgehead atoms. The second-order valence-electron chi connectivity index (χ2n) is 6.99. The van der Waals surface area contributed by atoms with Crippen LogP contribution in [-0.4, -0.2) is 27.9 Å². The Morgan fingerprint density at radius 1 is 1.21 bits per heavy atom. The van der Waals surface area contributed by atoms with E-state index in [0.29, 0.717) is 0 Å². The summed E-state index contributed by atoms with van der Waals surface area (Å²) < 4.78 is 27.7. The Labute approximate surface area is 171 Å². The van der Waals surface area contributed by atoms with Crippen molar-refractivity contribution in [1.29, 1.82) is 0 Å². The summed E-state index contributed by atoms with van der Waals surface area (Å²) in [4.78, 5) is 12.8. The van der Waals surface area contributed by atoms with Crippen molar-refractivity contribution in [3.8, 4) is 5.75 Å². The molecule has 1 saturated carbocycles. The fourth-order valence-electron chi connectivity index (χ4n) is 3.51. The van der Waals surface area contributed by atoms with Gasteiger partial charge in [-0.3, -0.25) is 4.79 Å². The zero-order chi connectivity index (χ0) is 20.5. The molecule has 0 radical (unpaired) electrons. The summed E-state index contributed by atoms with van der Waals surface area (Å²) in [5.41, 5.74) is -1.34. The summed E-state index contributed by atoms with van der Waals surface area (Å²) in [7, 11) is 0. The molecule has 150 valence electrons. The predicted molar refractivity (Wildman–Crippen MR) is 103 cm³/mol. The third-order valence-corrected chi connectivity index (χ3v) is 5.81. The lowest BCUT2D eigenvalue weighted by atomic mass is 9.76. The molecule has 4 nitrogen and oxygen atoms in total. The molecule has 28 heavy (non-hydrogen) atoms. The number of rotatable bonds is 4. The fourth-order valence-corrected chi connectivity index (χ4v) is 3.95. The van der Waals surface area contributed by atoms with Crippen LogP contribution in [0.1, 0.15) is 47.6 Å². The van der Waals surface area contributed by atoms with Crippen molar-refractivity contribution in [3.63, 3.8) is 0 Å². The largest absolute Gasteiger partial charge is 0.508 e. The molecule has 0 aliphatic heterocycles. The monoisotopic (exact) mass is 429 g/mol. The first-order chi connectivity index (χ1) is 13.2. The van der Waals surface area contributed by atoms with Gasteiger partial charge >= 0.3 is 0 Å². The Bertz CT molecular complexity index is 886. The van der Waals surface area contributed by atoms with Crippen LogP contribution in [0.5, 0.6) is 5.75 Å². The number of halogens is 4. The number of hydrogen-bond donors (Lipinski definition) is 3. The summed E-state index contributed by atoms with van der Waals surface area (Å²) in [6.07, 6.45) is -0.676. The Kier molecular flexibility index (Phi) is 6.12. The highest BCUT2D eigenvalue weighted by Crippen LogP contribution is 2.42. The highest BCUT2D eigenvalue weighted by atomic mass is 35.5. The molecule has 1 aliphatic carbocycles. The smallest absolute Gasteiger partial charge is 0.253 e. The van der Waals surface area contributed by atoms with Gasteiger partial charge in [0.15, 0.2) is 0 Å². The minimum atomic E-state index is -1.51. The lowest BCUT2D eigenvalue weighted by Gasteiger charge is -2.41. The molecular weight excluding hydrogens is 411 g/mol. The van der Waals surface area contributed by atoms with Crippen LogP contribution in [0.3, 0.4) is 0 Å². The van der Waals surface area contributed by atoms with E-state index in [4.69, 9.17) is 23.2 Å². The second-order valence-corrected chi connectivity index (χ2v) is 7.78. The normalized spacial score (nSPS) is 23.2. The molecule has 1 atom stereocenters. The van der Waals surface area contributed by atoms with Gasteiger partial charge in [0.05, 0.1) is 27.3 Å². The number of phenols is 1. The van der Waals surface area contributed by atoms with Gasteiger partial charge < -0.3 is 15.5 Å². The van der Waals surface area contributed by atoms with Crippen LogP contribution < -0.4 is 5.32 Å². The highest BCUT2D eigenvalue weighted by Gasteiger charge is 2.43. The fraction of sp³-hybridized carbons (Fsp3) is 0.350. The van der Waals surface area contributed by atoms with Crippen molar-refractivity contribution in [2.75, 3.05) is 0 Å². The van der Waals surface area contributed by atoms with Crippen LogP contribution >= 0.6 is 23.2 Å². The van der Waals surface area contributed by atoms with E-state index in [1.165, 1.54) is 36.4 Å². The van der Waals surface area contributed by atoms with Gasteiger partial charge in [0.25, 0.3) is 5.91 Å². The van der Waals surface area contributed by atoms with E-state index < -0.39 is 29.5 Å². The maximum atomic E-state index is 14.0. The molecule has 0 heterocycles. The molecule has 3 rings (SSSR count). The van der Waals surface area contributed by atoms with Gasteiger partial charge in [-0.25, -0.2) is 8.78 Å². The summed E-state index contributed by atoms with van der Waals surface area (Å²) in [6.45, 7) is 0. The quantitative estimate of drug-likeness (QED) is 0.643. The SMILES string of the molecule is O=C(NC(c1cccc(F)c1Cl)[C@]1(O)CC[C@H](F)CC1)c1cc(O)ccc1Cl. The molecule has 8 heteroatoms. The molecule has 2 aromatic carbocycles. The number of carbonyl (C=O) groups is 1. The summed E-state index contributed by atoms with van der Waals surface area (Å²) in [5.74, 6) is -1.54. The van der Waals surface area contributed by atoms with Gasteiger partial charge in [0.1, 0.15) is 17.7 Å². The van der Waals surface area contributed by atoms with Gasteiger partial charge in [0.2, 0.25) is 0 Å². The summed E-state index contributed by atoms with van der Waals surface area (Å²) in [5, 5.41) is 23.4. The van der Waals surface area contributed by atoms with Crippen LogP contribution in [-0.2, 0) is 0 Å². The number of aromatic hydroxyl groups is 1. The first kappa shape index (κ1) is 20.8. The zero-order valence-corrected chi connectivity index (χ0v) is 16.3. The van der Waals surface area contributed by atoms with E-state index in [-0.39, 0.29) is 52.6 Å². The summed E-state index contributed by atoms with van der Waals surface area (Å²) in [6, 6.07) is 6.87. The molecule has 0 saturated heterocycles. The average molecular weight is 430 g/mol. The molecular formula is C20H19Cl2F2NO3. The average Bonchev–Trinajstić information content (AvgIpc) is 2.66. The Balaban J connectivity index is 2.00. The van der Waals surface area contributed by atoms with Crippen LogP contribution in [0.25, 0.3) is 0 Å². The van der Waals surface area contributed by atoms with Crippen molar-refractivity contribution < 1.29 is 23.8 Å². The topological polar surface area (TPSA) is 69.6 Å². The van der Waals surface area contributed by atoms with Crippen LogP contribution in [0.2, 0.25) is 10.0 Å². The number of carbonyl (C=O) groups excluding carboxylic acids is 1. The minimum absolute atomic E-state index is 0.0121. The van der Waals surface area contributed by atoms with Crippen LogP contribution in [0, 0.1) is 5.82 Å². The van der Waals surface area contributed by atoms with E-state index in [1.54, 1.807) is 0 Å². The number of alkyl halides is 1.